The predicted octanol–water partition coefficient (Wildman–Crippen LogP) is 4.40. The second kappa shape index (κ2) is 9.54. The number of benzene rings is 2. The van der Waals surface area contributed by atoms with E-state index in [-0.39, 0.29) is 29.9 Å². The Morgan fingerprint density at radius 2 is 1.61 bits per heavy atom. The number of amides is 2. The highest BCUT2D eigenvalue weighted by molar-refractivity contribution is 5.94. The van der Waals surface area contributed by atoms with Gasteiger partial charge in [0.05, 0.1) is 0 Å². The zero-order valence-electron chi connectivity index (χ0n) is 19.3. The number of ether oxygens (including phenoxy) is 1. The highest BCUT2D eigenvalue weighted by Gasteiger charge is 2.25. The van der Waals surface area contributed by atoms with E-state index in [0.717, 1.165) is 29.7 Å². The molecule has 0 atom stereocenters. The first-order valence-electron chi connectivity index (χ1n) is 11.0. The zero-order chi connectivity index (χ0) is 22.6. The van der Waals surface area contributed by atoms with Crippen LogP contribution < -0.4 is 10.1 Å². The van der Waals surface area contributed by atoms with E-state index in [2.05, 4.69) is 39.1 Å². The average Bonchev–Trinajstić information content (AvgIpc) is 2.73. The molecule has 5 heteroatoms. The number of likely N-dealkylation sites (tertiary alicyclic amines) is 1. The van der Waals surface area contributed by atoms with Gasteiger partial charge in [0, 0.05) is 24.7 Å². The van der Waals surface area contributed by atoms with Crippen molar-refractivity contribution >= 4 is 11.8 Å². The zero-order valence-corrected chi connectivity index (χ0v) is 19.3. The summed E-state index contributed by atoms with van der Waals surface area (Å²) in [4.78, 5) is 27.0. The van der Waals surface area contributed by atoms with Gasteiger partial charge in [-0.05, 0) is 55.9 Å². The van der Waals surface area contributed by atoms with Gasteiger partial charge in [-0.1, -0.05) is 56.2 Å². The van der Waals surface area contributed by atoms with Crippen LogP contribution in [0.15, 0.2) is 42.5 Å². The van der Waals surface area contributed by atoms with Crippen LogP contribution in [0.4, 0.5) is 0 Å². The molecule has 0 radical (unpaired) electrons. The topological polar surface area (TPSA) is 58.6 Å². The van der Waals surface area contributed by atoms with E-state index in [1.165, 1.54) is 5.56 Å². The van der Waals surface area contributed by atoms with E-state index in [1.807, 2.05) is 48.2 Å². The number of hydrogen-bond donors (Lipinski definition) is 1. The molecule has 2 amide bonds. The molecule has 0 aromatic heterocycles. The second-order valence-electron chi connectivity index (χ2n) is 9.53. The quantitative estimate of drug-likeness (QED) is 0.777. The Morgan fingerprint density at radius 3 is 2.23 bits per heavy atom. The third-order valence-electron chi connectivity index (χ3n) is 5.79. The average molecular weight is 423 g/mol. The Morgan fingerprint density at radius 1 is 1.00 bits per heavy atom. The first kappa shape index (κ1) is 22.9. The third-order valence-corrected chi connectivity index (χ3v) is 5.79. The van der Waals surface area contributed by atoms with Crippen molar-refractivity contribution in [2.45, 2.75) is 58.9 Å². The minimum Gasteiger partial charge on any atom is -0.483 e. The third kappa shape index (κ3) is 6.09. The highest BCUT2D eigenvalue weighted by Crippen LogP contribution is 2.32. The minimum absolute atomic E-state index is 0.0104. The van der Waals surface area contributed by atoms with Crippen molar-refractivity contribution in [3.63, 3.8) is 0 Å². The first-order chi connectivity index (χ1) is 14.6. The molecule has 1 aliphatic rings. The van der Waals surface area contributed by atoms with Crippen LogP contribution in [0.5, 0.6) is 5.75 Å². The molecule has 0 spiro atoms. The summed E-state index contributed by atoms with van der Waals surface area (Å²) in [6.45, 7) is 11.8. The van der Waals surface area contributed by atoms with Gasteiger partial charge in [-0.2, -0.15) is 0 Å². The molecule has 1 N–H and O–H groups in total. The molecule has 0 aliphatic carbocycles. The predicted molar refractivity (Wildman–Crippen MR) is 124 cm³/mol. The molecule has 31 heavy (non-hydrogen) atoms. The molecule has 1 fully saturated rings. The van der Waals surface area contributed by atoms with Gasteiger partial charge >= 0.3 is 0 Å². The van der Waals surface area contributed by atoms with E-state index in [4.69, 9.17) is 4.74 Å². The fourth-order valence-corrected chi connectivity index (χ4v) is 3.83. The molecule has 1 saturated heterocycles. The van der Waals surface area contributed by atoms with E-state index < -0.39 is 0 Å². The van der Waals surface area contributed by atoms with Gasteiger partial charge in [0.2, 0.25) is 0 Å². The summed E-state index contributed by atoms with van der Waals surface area (Å²) in [6, 6.07) is 13.7. The molecular formula is C26H34N2O3. The van der Waals surface area contributed by atoms with Crippen molar-refractivity contribution in [1.29, 1.82) is 0 Å². The monoisotopic (exact) mass is 422 g/mol. The number of hydrogen-bond acceptors (Lipinski definition) is 3. The normalized spacial score (nSPS) is 14.9. The number of nitrogens with zero attached hydrogens (tertiary/aromatic N) is 1. The van der Waals surface area contributed by atoms with Crippen LogP contribution in [-0.4, -0.2) is 42.5 Å². The Kier molecular flexibility index (Phi) is 7.04. The van der Waals surface area contributed by atoms with Crippen molar-refractivity contribution in [2.75, 3.05) is 19.7 Å². The fraction of sp³-hybridized carbons (Fsp3) is 0.462. The maximum Gasteiger partial charge on any atom is 0.260 e. The molecular weight excluding hydrogens is 388 g/mol. The van der Waals surface area contributed by atoms with Gasteiger partial charge in [-0.25, -0.2) is 0 Å². The minimum atomic E-state index is -0.0571. The molecule has 5 nitrogen and oxygen atoms in total. The summed E-state index contributed by atoms with van der Waals surface area (Å²) in [7, 11) is 0. The van der Waals surface area contributed by atoms with Gasteiger partial charge in [0.1, 0.15) is 5.75 Å². The lowest BCUT2D eigenvalue weighted by molar-refractivity contribution is -0.134. The fourth-order valence-electron chi connectivity index (χ4n) is 3.83. The maximum atomic E-state index is 12.7. The molecule has 0 saturated carbocycles. The van der Waals surface area contributed by atoms with Gasteiger partial charge < -0.3 is 15.0 Å². The van der Waals surface area contributed by atoms with E-state index in [9.17, 15) is 9.59 Å². The molecule has 2 aromatic carbocycles. The molecule has 2 aromatic rings. The largest absolute Gasteiger partial charge is 0.483 e. The highest BCUT2D eigenvalue weighted by atomic mass is 16.5. The summed E-state index contributed by atoms with van der Waals surface area (Å²) in [5, 5.41) is 3.09. The molecule has 0 unspecified atom stereocenters. The lowest BCUT2D eigenvalue weighted by Crippen LogP contribution is -2.47. The molecule has 0 bridgehead atoms. The van der Waals surface area contributed by atoms with Crippen LogP contribution in [0, 0.1) is 13.8 Å². The van der Waals surface area contributed by atoms with Crippen LogP contribution in [0.3, 0.4) is 0 Å². The number of carbonyl (C=O) groups is 2. The van der Waals surface area contributed by atoms with Crippen LogP contribution >= 0.6 is 0 Å². The summed E-state index contributed by atoms with van der Waals surface area (Å²) in [5.74, 6) is 0.706. The van der Waals surface area contributed by atoms with E-state index >= 15 is 0 Å². The number of aryl methyl sites for hydroxylation is 2. The van der Waals surface area contributed by atoms with Crippen molar-refractivity contribution < 1.29 is 14.3 Å². The molecule has 166 valence electrons. The number of carbonyl (C=O) groups excluding carboxylic acids is 2. The molecule has 1 aliphatic heterocycles. The Labute approximate surface area is 185 Å². The number of rotatable bonds is 5. The second-order valence-corrected chi connectivity index (χ2v) is 9.53. The Balaban J connectivity index is 1.50. The summed E-state index contributed by atoms with van der Waals surface area (Å²) >= 11 is 0. The maximum absolute atomic E-state index is 12.7. The van der Waals surface area contributed by atoms with E-state index in [1.54, 1.807) is 0 Å². The lowest BCUT2D eigenvalue weighted by atomic mass is 9.85. The van der Waals surface area contributed by atoms with Crippen molar-refractivity contribution in [2.24, 2.45) is 0 Å². The smallest absolute Gasteiger partial charge is 0.260 e. The van der Waals surface area contributed by atoms with Crippen molar-refractivity contribution in [1.82, 2.24) is 10.2 Å². The Hall–Kier alpha value is -2.82. The van der Waals surface area contributed by atoms with Crippen molar-refractivity contribution in [3.8, 4) is 5.75 Å². The summed E-state index contributed by atoms with van der Waals surface area (Å²) in [6.07, 6.45) is 1.50. The molecule has 3 rings (SSSR count). The van der Waals surface area contributed by atoms with Gasteiger partial charge in [0.25, 0.3) is 11.8 Å². The van der Waals surface area contributed by atoms with Gasteiger partial charge in [-0.3, -0.25) is 9.59 Å². The van der Waals surface area contributed by atoms with Crippen LogP contribution in [-0.2, 0) is 10.2 Å². The lowest BCUT2D eigenvalue weighted by Gasteiger charge is -2.32. The number of piperidine rings is 1. The SMILES string of the molecule is Cc1ccc(C(=O)NC2CCN(C(=O)COc3ccc(C)cc3C(C)(C)C)CC2)cc1. The molecule has 1 heterocycles. The van der Waals surface area contributed by atoms with E-state index in [0.29, 0.717) is 18.7 Å². The van der Waals surface area contributed by atoms with Crippen molar-refractivity contribution in [3.05, 3.63) is 64.7 Å². The first-order valence-corrected chi connectivity index (χ1v) is 11.0. The Bertz CT molecular complexity index is 921. The van der Waals surface area contributed by atoms with Crippen LogP contribution in [0.25, 0.3) is 0 Å². The number of nitrogens with one attached hydrogen (secondary N) is 1. The van der Waals surface area contributed by atoms with Crippen LogP contribution in [0.2, 0.25) is 0 Å². The summed E-state index contributed by atoms with van der Waals surface area (Å²) in [5.41, 5.74) is 4.03. The van der Waals surface area contributed by atoms with Gasteiger partial charge in [0.15, 0.2) is 6.61 Å². The van der Waals surface area contributed by atoms with Gasteiger partial charge in [-0.15, -0.1) is 0 Å². The van der Waals surface area contributed by atoms with Crippen LogP contribution in [0.1, 0.15) is 60.7 Å². The summed E-state index contributed by atoms with van der Waals surface area (Å²) < 4.78 is 5.93. The standard InChI is InChI=1S/C26H34N2O3/c1-18-6-9-20(10-7-18)25(30)27-21-12-14-28(15-13-21)24(29)17-31-23-11-8-19(2)16-22(23)26(3,4)5/h6-11,16,21H,12-15,17H2,1-5H3,(H,27,30).